The summed E-state index contributed by atoms with van der Waals surface area (Å²) in [6.07, 6.45) is 0.723. The van der Waals surface area contributed by atoms with Gasteiger partial charge in [0.25, 0.3) is 5.69 Å². The van der Waals surface area contributed by atoms with Crippen molar-refractivity contribution in [1.29, 1.82) is 0 Å². The quantitative estimate of drug-likeness (QED) is 0.352. The molecular weight excluding hydrogens is 358 g/mol. The molecule has 27 heavy (non-hydrogen) atoms. The van der Waals surface area contributed by atoms with Crippen LogP contribution in [-0.2, 0) is 14.3 Å². The van der Waals surface area contributed by atoms with Crippen LogP contribution in [0.15, 0.2) is 30.5 Å². The number of rotatable bonds is 6. The summed E-state index contributed by atoms with van der Waals surface area (Å²) in [5.41, 5.74) is -0.514. The fourth-order valence-electron chi connectivity index (χ4n) is 2.08. The third kappa shape index (κ3) is 5.80. The molecule has 144 valence electrons. The molecular formula is C17H19N3O7. The second-order valence-electron chi connectivity index (χ2n) is 6.37. The zero-order valence-corrected chi connectivity index (χ0v) is 15.1. The molecule has 0 unspecified atom stereocenters. The number of nitrogens with zero attached hydrogens (tertiary/aromatic N) is 2. The van der Waals surface area contributed by atoms with Crippen molar-refractivity contribution in [3.63, 3.8) is 0 Å². The molecule has 1 aromatic heterocycles. The number of ether oxygens (including phenoxy) is 3. The van der Waals surface area contributed by atoms with Gasteiger partial charge in [-0.3, -0.25) is 19.9 Å². The molecule has 1 aromatic carbocycles. The number of alkyl carbamates (subject to hydrolysis) is 1. The number of carbonyl (C=O) groups excluding carboxylic acids is 2. The lowest BCUT2D eigenvalue weighted by atomic mass is 10.1. The van der Waals surface area contributed by atoms with E-state index in [0.29, 0.717) is 5.39 Å². The van der Waals surface area contributed by atoms with E-state index >= 15 is 0 Å². The van der Waals surface area contributed by atoms with Gasteiger partial charge < -0.3 is 19.5 Å². The normalized spacial score (nSPS) is 10.9. The van der Waals surface area contributed by atoms with Crippen LogP contribution in [0.3, 0.4) is 0 Å². The number of fused-ring (bicyclic) bond motifs is 1. The number of aromatic nitrogens is 1. The Bertz CT molecular complexity index is 861. The van der Waals surface area contributed by atoms with E-state index in [1.54, 1.807) is 32.9 Å². The first-order valence-electron chi connectivity index (χ1n) is 7.95. The van der Waals surface area contributed by atoms with Gasteiger partial charge in [-0.1, -0.05) is 0 Å². The first-order chi connectivity index (χ1) is 12.7. The topological polar surface area (TPSA) is 130 Å². The fourth-order valence-corrected chi connectivity index (χ4v) is 2.08. The summed E-state index contributed by atoms with van der Waals surface area (Å²) in [6, 6.07) is 5.77. The van der Waals surface area contributed by atoms with Gasteiger partial charge in [0, 0.05) is 12.3 Å². The van der Waals surface area contributed by atoms with Crippen LogP contribution in [0, 0.1) is 10.1 Å². The molecule has 2 aromatic rings. The molecule has 1 heterocycles. The Balaban J connectivity index is 1.90. The Morgan fingerprint density at radius 2 is 2.00 bits per heavy atom. The zero-order chi connectivity index (χ0) is 20.0. The van der Waals surface area contributed by atoms with E-state index in [0.717, 1.165) is 0 Å². The Labute approximate surface area is 154 Å². The molecule has 2 rings (SSSR count). The number of pyridine rings is 1. The monoisotopic (exact) mass is 377 g/mol. The lowest BCUT2D eigenvalue weighted by molar-refractivity contribution is -0.383. The molecule has 10 heteroatoms. The van der Waals surface area contributed by atoms with E-state index in [-0.39, 0.29) is 17.0 Å². The molecule has 0 fully saturated rings. The van der Waals surface area contributed by atoms with Crippen LogP contribution in [-0.4, -0.2) is 40.9 Å². The van der Waals surface area contributed by atoms with E-state index in [9.17, 15) is 19.7 Å². The van der Waals surface area contributed by atoms with Crippen molar-refractivity contribution < 1.29 is 28.7 Å². The molecule has 10 nitrogen and oxygen atoms in total. The number of nitro groups is 1. The zero-order valence-electron chi connectivity index (χ0n) is 15.1. The van der Waals surface area contributed by atoms with Crippen LogP contribution in [0.2, 0.25) is 0 Å². The fraction of sp³-hybridized carbons (Fsp3) is 0.353. The van der Waals surface area contributed by atoms with Gasteiger partial charge in [-0.2, -0.15) is 0 Å². The molecule has 1 N–H and O–H groups in total. The highest BCUT2D eigenvalue weighted by atomic mass is 16.7. The average molecular weight is 377 g/mol. The Morgan fingerprint density at radius 1 is 1.26 bits per heavy atom. The number of benzene rings is 1. The number of esters is 1. The lowest BCUT2D eigenvalue weighted by Crippen LogP contribution is -2.36. The Kier molecular flexibility index (Phi) is 6.11. The smallest absolute Gasteiger partial charge is 0.408 e. The van der Waals surface area contributed by atoms with Gasteiger partial charge in [-0.25, -0.2) is 4.79 Å². The summed E-state index contributed by atoms with van der Waals surface area (Å²) in [4.78, 5) is 37.7. The lowest BCUT2D eigenvalue weighted by Gasteiger charge is -2.19. The van der Waals surface area contributed by atoms with Crippen LogP contribution < -0.4 is 10.1 Å². The molecule has 1 amide bonds. The third-order valence-electron chi connectivity index (χ3n) is 3.12. The van der Waals surface area contributed by atoms with Gasteiger partial charge in [0.05, 0.1) is 10.3 Å². The van der Waals surface area contributed by atoms with Crippen molar-refractivity contribution in [3.8, 4) is 5.75 Å². The number of hydrogen-bond donors (Lipinski definition) is 1. The molecule has 0 spiro atoms. The number of nitro benzene ring substituents is 1. The van der Waals surface area contributed by atoms with Gasteiger partial charge in [-0.05, 0) is 39.0 Å². The molecule has 0 saturated carbocycles. The van der Waals surface area contributed by atoms with E-state index in [4.69, 9.17) is 14.2 Å². The van der Waals surface area contributed by atoms with Crippen molar-refractivity contribution in [3.05, 3.63) is 40.6 Å². The molecule has 0 aliphatic heterocycles. The van der Waals surface area contributed by atoms with Gasteiger partial charge in [0.2, 0.25) is 6.79 Å². The van der Waals surface area contributed by atoms with Gasteiger partial charge >= 0.3 is 12.1 Å². The maximum atomic E-state index is 11.6. The first-order valence-corrected chi connectivity index (χ1v) is 7.95. The minimum absolute atomic E-state index is 0.107. The highest BCUT2D eigenvalue weighted by Crippen LogP contribution is 2.31. The minimum Gasteiger partial charge on any atom is -0.455 e. The van der Waals surface area contributed by atoms with Gasteiger partial charge in [0.15, 0.2) is 0 Å². The van der Waals surface area contributed by atoms with Crippen molar-refractivity contribution in [2.24, 2.45) is 0 Å². The summed E-state index contributed by atoms with van der Waals surface area (Å²) in [6.45, 7) is 4.25. The standard InChI is InChI=1S/C17H19N3O7/c1-17(2,3)27-16(22)19-9-14(21)26-10-25-13-7-6-12(20(23)24)11-5-4-8-18-15(11)13/h4-8H,9-10H2,1-3H3,(H,19,22). The summed E-state index contributed by atoms with van der Waals surface area (Å²) >= 11 is 0. The predicted molar refractivity (Wildman–Crippen MR) is 94.2 cm³/mol. The molecule has 0 atom stereocenters. The van der Waals surface area contributed by atoms with Crippen molar-refractivity contribution in [2.75, 3.05) is 13.3 Å². The summed E-state index contributed by atoms with van der Waals surface area (Å²) in [5.74, 6) is -0.510. The van der Waals surface area contributed by atoms with Crippen molar-refractivity contribution in [1.82, 2.24) is 10.3 Å². The van der Waals surface area contributed by atoms with Gasteiger partial charge in [-0.15, -0.1) is 0 Å². The number of carbonyl (C=O) groups is 2. The highest BCUT2D eigenvalue weighted by Gasteiger charge is 2.18. The van der Waals surface area contributed by atoms with E-state index < -0.39 is 35.9 Å². The number of non-ortho nitro benzene ring substituents is 1. The second-order valence-corrected chi connectivity index (χ2v) is 6.37. The second kappa shape index (κ2) is 8.30. The molecule has 0 aliphatic carbocycles. The van der Waals surface area contributed by atoms with Crippen LogP contribution in [0.4, 0.5) is 10.5 Å². The predicted octanol–water partition coefficient (Wildman–Crippen LogP) is 2.55. The highest BCUT2D eigenvalue weighted by molar-refractivity contribution is 5.92. The maximum Gasteiger partial charge on any atom is 0.408 e. The van der Waals surface area contributed by atoms with Gasteiger partial charge in [0.1, 0.15) is 23.4 Å². The Morgan fingerprint density at radius 3 is 2.67 bits per heavy atom. The Hall–Kier alpha value is -3.43. The van der Waals surface area contributed by atoms with Crippen molar-refractivity contribution >= 4 is 28.7 Å². The van der Waals surface area contributed by atoms with Crippen LogP contribution in [0.5, 0.6) is 5.75 Å². The van der Waals surface area contributed by atoms with E-state index in [1.807, 2.05) is 0 Å². The van der Waals surface area contributed by atoms with E-state index in [2.05, 4.69) is 10.3 Å². The molecule has 0 bridgehead atoms. The number of amides is 1. The number of nitrogens with one attached hydrogen (secondary N) is 1. The van der Waals surface area contributed by atoms with Crippen LogP contribution in [0.25, 0.3) is 10.9 Å². The SMILES string of the molecule is CC(C)(C)OC(=O)NCC(=O)OCOc1ccc([N+](=O)[O-])c2cccnc12. The largest absolute Gasteiger partial charge is 0.455 e. The van der Waals surface area contributed by atoms with Crippen LogP contribution in [0.1, 0.15) is 20.8 Å². The third-order valence-corrected chi connectivity index (χ3v) is 3.12. The minimum atomic E-state index is -0.745. The van der Waals surface area contributed by atoms with Crippen LogP contribution >= 0.6 is 0 Å². The average Bonchev–Trinajstić information content (AvgIpc) is 2.58. The molecule has 0 radical (unpaired) electrons. The molecule has 0 aliphatic rings. The summed E-state index contributed by atoms with van der Waals surface area (Å²) in [5, 5.41) is 13.6. The summed E-state index contributed by atoms with van der Waals surface area (Å²) in [7, 11) is 0. The van der Waals surface area contributed by atoms with E-state index in [1.165, 1.54) is 18.3 Å². The van der Waals surface area contributed by atoms with Crippen molar-refractivity contribution in [2.45, 2.75) is 26.4 Å². The number of hydrogen-bond acceptors (Lipinski definition) is 8. The molecule has 0 saturated heterocycles. The maximum absolute atomic E-state index is 11.6. The summed E-state index contributed by atoms with van der Waals surface area (Å²) < 4.78 is 15.2. The first kappa shape index (κ1) is 19.9.